The third kappa shape index (κ3) is 35.3. The molecule has 0 saturated carbocycles. The Morgan fingerprint density at radius 1 is 0.407 bits per heavy atom. The van der Waals surface area contributed by atoms with Gasteiger partial charge in [0.05, 0.1) is 58.3 Å². The number of aliphatic hydroxyl groups excluding tert-OH is 10. The van der Waals surface area contributed by atoms with E-state index in [1.807, 2.05) is 10.6 Å². The second-order valence-electron chi connectivity index (χ2n) is 20.1. The molecule has 0 radical (unpaired) electrons. The number of rotatable bonds is 51. The summed E-state index contributed by atoms with van der Waals surface area (Å²) in [7, 11) is 1.70. The molecule has 0 unspecified atom stereocenters. The van der Waals surface area contributed by atoms with Gasteiger partial charge in [-0.15, -0.1) is 0 Å². The summed E-state index contributed by atoms with van der Waals surface area (Å²) in [4.78, 5) is 168. The van der Waals surface area contributed by atoms with Crippen molar-refractivity contribution in [1.29, 1.82) is 0 Å². The number of carbonyl (C=O) groups is 13. The van der Waals surface area contributed by atoms with Crippen LogP contribution < -0.4 is 58.9 Å². The molecule has 15 atom stereocenters. The zero-order valence-electron chi connectivity index (χ0n) is 49.4. The maximum absolute atomic E-state index is 14.3. The lowest BCUT2D eigenvalue weighted by molar-refractivity contribution is -0.143. The van der Waals surface area contributed by atoms with Gasteiger partial charge in [-0.25, -0.2) is 4.79 Å². The molecule has 0 aliphatic carbocycles. The van der Waals surface area contributed by atoms with E-state index in [0.717, 1.165) is 0 Å². The number of aliphatic carboxylic acids is 4. The van der Waals surface area contributed by atoms with Crippen LogP contribution in [0.2, 0.25) is 0 Å². The average Bonchev–Trinajstić information content (AvgIpc) is 3.01. The van der Waals surface area contributed by atoms with Crippen LogP contribution in [0.15, 0.2) is 0 Å². The fourth-order valence-electron chi connectivity index (χ4n) is 7.43. The number of thiol groups is 1. The van der Waals surface area contributed by atoms with Gasteiger partial charge >= 0.3 is 23.9 Å². The molecule has 0 aliphatic heterocycles. The number of amides is 9. The van der Waals surface area contributed by atoms with Gasteiger partial charge in [0.2, 0.25) is 53.2 Å². The summed E-state index contributed by atoms with van der Waals surface area (Å²) in [5.74, 6) is -17.8. The van der Waals surface area contributed by atoms with Crippen molar-refractivity contribution in [3.63, 3.8) is 0 Å². The molecule has 40 nitrogen and oxygen atoms in total. The summed E-state index contributed by atoms with van der Waals surface area (Å²) in [5, 5.41) is 158. The molecule has 522 valence electrons. The standard InChI is InChI=1S/C50H87N11O29S/c1-52-11-13-90-15-14-89-12-10-36(70)56-25(4-8-37(71)72)46(83)58-26(3-7-35(69)54-19-31(65)41(78)43(80)33(67)21-63)47(84)59-27(5-9-38(73)74)48(85)57-24(2-6-34(68)53-18-30(64)40(77)42(79)32(66)20-62)45(82)55-17-23(51)44(81)60-28(16-39(75)76)49(86)61-29(22-91)50(87)88/h23-33,40-43,52,62-67,77-80,91H,2-22,51H2,1H3,(H,53,68)(H,54,69)(H,55,82)(H,56,70)(H,57,85)(H,58,83)(H,59,84)(H,60,81)(H,61,86)(H,71,72)(H,73,74)(H,75,76)(H,87,88)/t23-,24+,25+,26+,27+,28-,29-,30-,31-,32+,33+,40+,41+,42+,43+/m0/s1. The summed E-state index contributed by atoms with van der Waals surface area (Å²) in [5.41, 5.74) is 5.93. The lowest BCUT2D eigenvalue weighted by Crippen LogP contribution is -2.59. The van der Waals surface area contributed by atoms with Crippen LogP contribution in [0.1, 0.15) is 64.2 Å². The van der Waals surface area contributed by atoms with E-state index >= 15 is 0 Å². The molecule has 0 rings (SSSR count). The lowest BCUT2D eigenvalue weighted by Gasteiger charge is -2.27. The largest absolute Gasteiger partial charge is 0.481 e. The number of ether oxygens (including phenoxy) is 2. The second-order valence-corrected chi connectivity index (χ2v) is 20.5. The van der Waals surface area contributed by atoms with Crippen LogP contribution in [0.4, 0.5) is 0 Å². The molecule has 0 aliphatic rings. The van der Waals surface area contributed by atoms with Crippen molar-refractivity contribution in [2.24, 2.45) is 5.73 Å². The van der Waals surface area contributed by atoms with Gasteiger partial charge in [0.15, 0.2) is 0 Å². The molecule has 0 spiro atoms. The van der Waals surface area contributed by atoms with E-state index in [0.29, 0.717) is 13.2 Å². The van der Waals surface area contributed by atoms with Gasteiger partial charge in [-0.2, -0.15) is 12.6 Å². The number of carboxylic acids is 4. The number of nitrogens with one attached hydrogen (secondary N) is 10. The Morgan fingerprint density at radius 2 is 0.780 bits per heavy atom. The molecule has 0 saturated heterocycles. The summed E-state index contributed by atoms with van der Waals surface area (Å²) in [6.07, 6.45) is -24.2. The molecule has 0 aromatic heterocycles. The number of likely N-dealkylation sites (N-methyl/N-ethyl adjacent to an activating group) is 1. The summed E-state index contributed by atoms with van der Waals surface area (Å²) in [6.45, 7) is -3.82. The van der Waals surface area contributed by atoms with E-state index in [4.69, 9.17) is 25.4 Å². The highest BCUT2D eigenvalue weighted by Crippen LogP contribution is 2.11. The van der Waals surface area contributed by atoms with E-state index in [9.17, 15) is 124 Å². The van der Waals surface area contributed by atoms with Gasteiger partial charge < -0.3 is 140 Å². The van der Waals surface area contributed by atoms with Crippen LogP contribution in [0.3, 0.4) is 0 Å². The summed E-state index contributed by atoms with van der Waals surface area (Å²) in [6, 6.07) is -13.3. The molecular weight excluding hydrogens is 1250 g/mol. The predicted octanol–water partition coefficient (Wildman–Crippen LogP) is -13.1. The lowest BCUT2D eigenvalue weighted by atomic mass is 10.0. The Bertz CT molecular complexity index is 2350. The highest BCUT2D eigenvalue weighted by atomic mass is 32.1. The maximum Gasteiger partial charge on any atom is 0.327 e. The van der Waals surface area contributed by atoms with Gasteiger partial charge in [-0.05, 0) is 32.7 Å². The third-order valence-electron chi connectivity index (χ3n) is 12.8. The molecule has 0 fully saturated rings. The monoisotopic (exact) mass is 1340 g/mol. The number of carbonyl (C=O) groups excluding carboxylic acids is 9. The van der Waals surface area contributed by atoms with Crippen LogP contribution in [0.25, 0.3) is 0 Å². The highest BCUT2D eigenvalue weighted by molar-refractivity contribution is 7.80. The van der Waals surface area contributed by atoms with Gasteiger partial charge in [-0.1, -0.05) is 0 Å². The fourth-order valence-corrected chi connectivity index (χ4v) is 7.68. The summed E-state index contributed by atoms with van der Waals surface area (Å²) < 4.78 is 10.7. The quantitative estimate of drug-likeness (QED) is 0.0199. The van der Waals surface area contributed by atoms with Crippen molar-refractivity contribution in [1.82, 2.24) is 53.2 Å². The zero-order chi connectivity index (χ0) is 69.5. The van der Waals surface area contributed by atoms with Crippen molar-refractivity contribution in [3.8, 4) is 0 Å². The first-order valence-corrected chi connectivity index (χ1v) is 28.7. The average molecular weight is 1340 g/mol. The van der Waals surface area contributed by atoms with Crippen molar-refractivity contribution >= 4 is 89.7 Å². The van der Waals surface area contributed by atoms with E-state index in [1.54, 1.807) is 7.05 Å². The minimum absolute atomic E-state index is 0.0534. The van der Waals surface area contributed by atoms with Crippen molar-refractivity contribution in [3.05, 3.63) is 0 Å². The molecule has 91 heavy (non-hydrogen) atoms. The fraction of sp³-hybridized carbons (Fsp3) is 0.740. The van der Waals surface area contributed by atoms with Gasteiger partial charge in [0, 0.05) is 64.0 Å². The van der Waals surface area contributed by atoms with Gasteiger partial charge in [0.1, 0.15) is 78.9 Å². The number of aliphatic hydroxyl groups is 10. The molecule has 0 heterocycles. The smallest absolute Gasteiger partial charge is 0.327 e. The Hall–Kier alpha value is -7.10. The SMILES string of the molecule is CNCCOCCOCCC(=O)N[C@H](CCC(=O)O)C(=O)N[C@H](CCC(=O)NC[C@H](O)[C@@H](O)[C@H](O)[C@H](O)CO)C(=O)N[C@H](CCC(=O)O)C(=O)N[C@H](CCC(=O)NC[C@H](O)[C@@H](O)[C@H](O)[C@H](O)CO)C(=O)NC[C@H](N)C(=O)N[C@@H](CC(=O)O)C(=O)N[C@@H](CS)C(=O)O. The van der Waals surface area contributed by atoms with Crippen LogP contribution >= 0.6 is 12.6 Å². The Morgan fingerprint density at radius 3 is 1.18 bits per heavy atom. The van der Waals surface area contributed by atoms with Crippen LogP contribution in [-0.2, 0) is 71.8 Å². The first kappa shape index (κ1) is 83.9. The molecule has 9 amide bonds. The predicted molar refractivity (Wildman–Crippen MR) is 307 cm³/mol. The number of nitrogens with two attached hydrogens (primary N) is 1. The van der Waals surface area contributed by atoms with E-state index in [2.05, 4.69) is 55.2 Å². The zero-order valence-corrected chi connectivity index (χ0v) is 50.3. The molecule has 0 aromatic rings. The van der Waals surface area contributed by atoms with Gasteiger partial charge in [-0.3, -0.25) is 57.5 Å². The second kappa shape index (κ2) is 46.0. The number of carboxylic acid groups (broad SMARTS) is 4. The molecule has 41 heteroatoms. The molecular formula is C50H87N11O29S. The number of hydrogen-bond donors (Lipinski definition) is 26. The van der Waals surface area contributed by atoms with Crippen LogP contribution in [0.5, 0.6) is 0 Å². The van der Waals surface area contributed by atoms with E-state index < -0.39 is 265 Å². The molecule has 26 N–H and O–H groups in total. The van der Waals surface area contributed by atoms with Crippen molar-refractivity contribution < 1.29 is 143 Å². The number of hydrogen-bond acceptors (Lipinski definition) is 28. The highest BCUT2D eigenvalue weighted by Gasteiger charge is 2.36. The maximum atomic E-state index is 14.3. The van der Waals surface area contributed by atoms with Gasteiger partial charge in [0.25, 0.3) is 0 Å². The minimum atomic E-state index is -2.15. The normalized spacial score (nSPS) is 16.2. The topological polar surface area (TPSA) is 670 Å². The third-order valence-corrected chi connectivity index (χ3v) is 13.2. The van der Waals surface area contributed by atoms with E-state index in [1.165, 1.54) is 0 Å². The minimum Gasteiger partial charge on any atom is -0.481 e. The van der Waals surface area contributed by atoms with Crippen molar-refractivity contribution in [2.45, 2.75) is 155 Å². The van der Waals surface area contributed by atoms with Crippen molar-refractivity contribution in [2.75, 3.05) is 78.6 Å². The van der Waals surface area contributed by atoms with Crippen LogP contribution in [0, 0.1) is 0 Å². The first-order chi connectivity index (χ1) is 42.7. The molecule has 0 aromatic carbocycles. The molecule has 0 bridgehead atoms. The Kier molecular flexibility index (Phi) is 42.4. The van der Waals surface area contributed by atoms with E-state index in [-0.39, 0.29) is 26.2 Å². The Balaban J connectivity index is 7.20. The summed E-state index contributed by atoms with van der Waals surface area (Å²) >= 11 is 3.79. The van der Waals surface area contributed by atoms with Crippen LogP contribution in [-0.4, -0.2) is 318 Å². The Labute approximate surface area is 524 Å². The first-order valence-electron chi connectivity index (χ1n) is 28.1.